The Morgan fingerprint density at radius 2 is 2.05 bits per heavy atom. The molecule has 4 aromatic heterocycles. The Morgan fingerprint density at radius 3 is 2.90 bits per heavy atom. The van der Waals surface area contributed by atoms with E-state index < -0.39 is 5.82 Å². The Balaban J connectivity index is 1.33. The molecular formula is C29H28FN9O. The Hall–Kier alpha value is -4.77. The van der Waals surface area contributed by atoms with Crippen LogP contribution in [0.2, 0.25) is 0 Å². The fourth-order valence-electron chi connectivity index (χ4n) is 4.91. The molecular weight excluding hydrogens is 509 g/mol. The summed E-state index contributed by atoms with van der Waals surface area (Å²) in [5.74, 6) is 0.623. The topological polar surface area (TPSA) is 120 Å². The number of aliphatic imine (C=N–C) groups is 2. The quantitative estimate of drug-likeness (QED) is 0.195. The lowest BCUT2D eigenvalue weighted by atomic mass is 10.1. The number of benzene rings is 1. The molecule has 0 radical (unpaired) electrons. The number of nitrogens with one attached hydrogen (secondary N) is 2. The number of aromatic nitrogens is 6. The average molecular weight is 538 g/mol. The van der Waals surface area contributed by atoms with E-state index in [-0.39, 0.29) is 0 Å². The predicted octanol–water partition coefficient (Wildman–Crippen LogP) is 5.27. The molecule has 0 aliphatic carbocycles. The van der Waals surface area contributed by atoms with Gasteiger partial charge >= 0.3 is 0 Å². The summed E-state index contributed by atoms with van der Waals surface area (Å²) in [6.07, 6.45) is 8.94. The van der Waals surface area contributed by atoms with Gasteiger partial charge in [-0.05, 0) is 75.0 Å². The second-order valence-corrected chi connectivity index (χ2v) is 9.67. The summed E-state index contributed by atoms with van der Waals surface area (Å²) in [6.45, 7) is 8.83. The van der Waals surface area contributed by atoms with E-state index in [0.29, 0.717) is 46.3 Å². The number of allylic oxidation sites excluding steroid dienone is 1. The highest BCUT2D eigenvalue weighted by atomic mass is 19.1. The predicted molar refractivity (Wildman–Crippen MR) is 155 cm³/mol. The molecule has 1 aromatic carbocycles. The fourth-order valence-corrected chi connectivity index (χ4v) is 4.91. The molecule has 6 rings (SSSR count). The second-order valence-electron chi connectivity index (χ2n) is 9.67. The van der Waals surface area contributed by atoms with Crippen LogP contribution >= 0.6 is 0 Å². The lowest BCUT2D eigenvalue weighted by Gasteiger charge is -2.15. The SMILES string of the molecule is C=N/C=N\C=C(/C)c1cnc2[nH]nc(-c3nc4c(-c5cc(F)cc(OCCN6CCCC6)c5)nccc4[nH]3)c2c1. The molecule has 0 amide bonds. The Morgan fingerprint density at radius 1 is 1.18 bits per heavy atom. The van der Waals surface area contributed by atoms with Gasteiger partial charge in [-0.15, -0.1) is 0 Å². The number of H-pyrrole nitrogens is 2. The van der Waals surface area contributed by atoms with Gasteiger partial charge in [0.25, 0.3) is 0 Å². The van der Waals surface area contributed by atoms with Crippen molar-refractivity contribution in [1.82, 2.24) is 35.0 Å². The van der Waals surface area contributed by atoms with Gasteiger partial charge in [-0.3, -0.25) is 20.0 Å². The maximum Gasteiger partial charge on any atom is 0.159 e. The minimum absolute atomic E-state index is 0.392. The summed E-state index contributed by atoms with van der Waals surface area (Å²) in [5.41, 5.74) is 5.52. The zero-order valence-corrected chi connectivity index (χ0v) is 22.1. The van der Waals surface area contributed by atoms with Crippen molar-refractivity contribution < 1.29 is 9.13 Å². The zero-order valence-electron chi connectivity index (χ0n) is 22.1. The number of imidazole rings is 1. The van der Waals surface area contributed by atoms with Gasteiger partial charge in [0.1, 0.15) is 35.7 Å². The van der Waals surface area contributed by atoms with E-state index in [1.807, 2.05) is 25.1 Å². The molecule has 5 aromatic rings. The number of halogens is 1. The van der Waals surface area contributed by atoms with E-state index in [2.05, 4.69) is 46.8 Å². The molecule has 0 unspecified atom stereocenters. The van der Waals surface area contributed by atoms with Gasteiger partial charge in [-0.1, -0.05) is 0 Å². The van der Waals surface area contributed by atoms with Crippen molar-refractivity contribution in [2.45, 2.75) is 19.8 Å². The van der Waals surface area contributed by atoms with E-state index in [1.54, 1.807) is 18.6 Å². The second kappa shape index (κ2) is 11.1. The number of likely N-dealkylation sites (tertiary alicyclic amines) is 1. The number of aromatic amines is 2. The van der Waals surface area contributed by atoms with Gasteiger partial charge in [0, 0.05) is 36.8 Å². The smallest absolute Gasteiger partial charge is 0.159 e. The van der Waals surface area contributed by atoms with Crippen LogP contribution in [0.1, 0.15) is 25.3 Å². The number of hydrogen-bond donors (Lipinski definition) is 2. The molecule has 11 heteroatoms. The Labute approximate surface area is 229 Å². The number of ether oxygens (including phenoxy) is 1. The summed E-state index contributed by atoms with van der Waals surface area (Å²) in [4.78, 5) is 27.3. The summed E-state index contributed by atoms with van der Waals surface area (Å²) < 4.78 is 20.6. The van der Waals surface area contributed by atoms with E-state index in [1.165, 1.54) is 31.3 Å². The summed E-state index contributed by atoms with van der Waals surface area (Å²) in [5, 5.41) is 8.24. The number of fused-ring (bicyclic) bond motifs is 2. The van der Waals surface area contributed by atoms with Crippen LogP contribution in [-0.2, 0) is 0 Å². The van der Waals surface area contributed by atoms with Crippen molar-refractivity contribution in [2.24, 2.45) is 9.98 Å². The Bertz CT molecular complexity index is 1750. The zero-order chi connectivity index (χ0) is 27.5. The number of pyridine rings is 2. The summed E-state index contributed by atoms with van der Waals surface area (Å²) in [7, 11) is 0. The van der Waals surface area contributed by atoms with Gasteiger partial charge in [-0.25, -0.2) is 19.4 Å². The van der Waals surface area contributed by atoms with Gasteiger partial charge < -0.3 is 9.72 Å². The normalized spacial score (nSPS) is 14.6. The maximum absolute atomic E-state index is 14.7. The van der Waals surface area contributed by atoms with Crippen LogP contribution in [-0.4, -0.2) is 74.3 Å². The van der Waals surface area contributed by atoms with Crippen LogP contribution in [0.15, 0.2) is 58.9 Å². The molecule has 0 atom stereocenters. The first-order chi connectivity index (χ1) is 19.6. The summed E-state index contributed by atoms with van der Waals surface area (Å²) >= 11 is 0. The van der Waals surface area contributed by atoms with Gasteiger partial charge in [-0.2, -0.15) is 5.10 Å². The molecule has 5 heterocycles. The van der Waals surface area contributed by atoms with Crippen LogP contribution in [0.5, 0.6) is 5.75 Å². The highest BCUT2D eigenvalue weighted by Crippen LogP contribution is 2.32. The molecule has 10 nitrogen and oxygen atoms in total. The van der Waals surface area contributed by atoms with Crippen molar-refractivity contribution in [3.05, 3.63) is 60.3 Å². The number of rotatable bonds is 9. The lowest BCUT2D eigenvalue weighted by Crippen LogP contribution is -2.25. The molecule has 0 saturated carbocycles. The molecule has 1 fully saturated rings. The molecule has 2 N–H and O–H groups in total. The largest absolute Gasteiger partial charge is 0.492 e. The molecule has 1 aliphatic heterocycles. The molecule has 0 bridgehead atoms. The van der Waals surface area contributed by atoms with Gasteiger partial charge in [0.15, 0.2) is 11.5 Å². The number of hydrogen-bond acceptors (Lipinski definition) is 7. The highest BCUT2D eigenvalue weighted by Gasteiger charge is 2.18. The number of nitrogens with zero attached hydrogens (tertiary/aromatic N) is 7. The van der Waals surface area contributed by atoms with Crippen molar-refractivity contribution >= 4 is 40.7 Å². The van der Waals surface area contributed by atoms with Crippen LogP contribution in [0.4, 0.5) is 4.39 Å². The molecule has 1 saturated heterocycles. The first-order valence-corrected chi connectivity index (χ1v) is 13.1. The third-order valence-corrected chi connectivity index (χ3v) is 6.93. The van der Waals surface area contributed by atoms with E-state index in [9.17, 15) is 4.39 Å². The van der Waals surface area contributed by atoms with E-state index in [0.717, 1.165) is 41.7 Å². The third-order valence-electron chi connectivity index (χ3n) is 6.93. The van der Waals surface area contributed by atoms with Crippen molar-refractivity contribution in [2.75, 3.05) is 26.2 Å². The average Bonchev–Trinajstić information content (AvgIpc) is 3.72. The molecule has 0 spiro atoms. The first-order valence-electron chi connectivity index (χ1n) is 13.1. The van der Waals surface area contributed by atoms with Crippen molar-refractivity contribution in [3.8, 4) is 28.5 Å². The lowest BCUT2D eigenvalue weighted by molar-refractivity contribution is 0.237. The molecule has 202 valence electrons. The standard InChI is InChI=1S/C29H28FN9O/c1-18(15-32-17-31-2)20-13-23-26(37-38-28(23)34-16-20)29-35-24-5-6-33-25(27(24)36-29)19-11-21(30)14-22(12-19)40-10-9-39-7-3-4-8-39/h5-6,11-17H,2-4,7-10H2,1H3,(H,35,36)(H,34,37,38)/b18-15+,32-17-. The van der Waals surface area contributed by atoms with Crippen LogP contribution in [0, 0.1) is 5.82 Å². The van der Waals surface area contributed by atoms with Crippen molar-refractivity contribution in [1.29, 1.82) is 0 Å². The Kier molecular flexibility index (Phi) is 7.11. The van der Waals surface area contributed by atoms with E-state index >= 15 is 0 Å². The van der Waals surface area contributed by atoms with Gasteiger partial charge in [0.2, 0.25) is 0 Å². The van der Waals surface area contributed by atoms with Gasteiger partial charge in [0.05, 0.1) is 16.6 Å². The molecule has 40 heavy (non-hydrogen) atoms. The van der Waals surface area contributed by atoms with Crippen LogP contribution < -0.4 is 4.74 Å². The van der Waals surface area contributed by atoms with Crippen molar-refractivity contribution in [3.63, 3.8) is 0 Å². The first kappa shape index (κ1) is 25.5. The monoisotopic (exact) mass is 537 g/mol. The summed E-state index contributed by atoms with van der Waals surface area (Å²) in [6, 6.07) is 8.47. The minimum atomic E-state index is -0.392. The minimum Gasteiger partial charge on any atom is -0.492 e. The van der Waals surface area contributed by atoms with E-state index in [4.69, 9.17) is 9.72 Å². The maximum atomic E-state index is 14.7. The van der Waals surface area contributed by atoms with Crippen LogP contribution in [0.3, 0.4) is 0 Å². The molecule has 1 aliphatic rings. The highest BCUT2D eigenvalue weighted by molar-refractivity contribution is 5.96. The third kappa shape index (κ3) is 5.23. The fraction of sp³-hybridized carbons (Fsp3) is 0.241. The van der Waals surface area contributed by atoms with Crippen LogP contribution in [0.25, 0.3) is 50.4 Å².